The van der Waals surface area contributed by atoms with Gasteiger partial charge < -0.3 is 14.8 Å². The van der Waals surface area contributed by atoms with Gasteiger partial charge in [0.25, 0.3) is 0 Å². The SMILES string of the molecule is CN1CCn2c(-c3cccc(F)c3)cnc2C12CCN(C(=O)NCc1ccccc1)CC2. The summed E-state index contributed by atoms with van der Waals surface area (Å²) in [5.74, 6) is 0.783. The Morgan fingerprint density at radius 1 is 1.06 bits per heavy atom. The number of hydrogen-bond donors (Lipinski definition) is 1. The number of imidazole rings is 1. The van der Waals surface area contributed by atoms with Crippen molar-refractivity contribution < 1.29 is 9.18 Å². The summed E-state index contributed by atoms with van der Waals surface area (Å²) in [6, 6.07) is 16.6. The Bertz CT molecular complexity index is 1100. The minimum atomic E-state index is -0.240. The molecular weight excluding hydrogens is 405 g/mol. The molecule has 0 aliphatic carbocycles. The van der Waals surface area contributed by atoms with Crippen LogP contribution in [0.25, 0.3) is 11.3 Å². The maximum Gasteiger partial charge on any atom is 0.317 e. The van der Waals surface area contributed by atoms with Crippen LogP contribution in [0.4, 0.5) is 9.18 Å². The Hall–Kier alpha value is -3.19. The molecule has 1 aromatic heterocycles. The summed E-state index contributed by atoms with van der Waals surface area (Å²) in [6.07, 6.45) is 3.51. The number of likely N-dealkylation sites (tertiary alicyclic amines) is 1. The molecule has 0 atom stereocenters. The van der Waals surface area contributed by atoms with Gasteiger partial charge in [0.15, 0.2) is 0 Å². The van der Waals surface area contributed by atoms with Crippen molar-refractivity contribution in [2.75, 3.05) is 26.7 Å². The van der Waals surface area contributed by atoms with E-state index in [9.17, 15) is 9.18 Å². The molecule has 1 N–H and O–H groups in total. The zero-order chi connectivity index (χ0) is 22.1. The highest BCUT2D eigenvalue weighted by Gasteiger charge is 2.46. The molecule has 32 heavy (non-hydrogen) atoms. The van der Waals surface area contributed by atoms with E-state index < -0.39 is 0 Å². The highest BCUT2D eigenvalue weighted by molar-refractivity contribution is 5.74. The molecule has 6 nitrogen and oxygen atoms in total. The average molecular weight is 434 g/mol. The van der Waals surface area contributed by atoms with Gasteiger partial charge in [0.1, 0.15) is 11.6 Å². The maximum absolute atomic E-state index is 13.8. The average Bonchev–Trinajstić information content (AvgIpc) is 3.26. The first-order chi connectivity index (χ1) is 15.6. The van der Waals surface area contributed by atoms with Crippen LogP contribution >= 0.6 is 0 Å². The van der Waals surface area contributed by atoms with Gasteiger partial charge in [-0.3, -0.25) is 4.90 Å². The van der Waals surface area contributed by atoms with Crippen LogP contribution in [0.3, 0.4) is 0 Å². The molecule has 2 aliphatic rings. The third-order valence-electron chi connectivity index (χ3n) is 6.95. The van der Waals surface area contributed by atoms with Crippen LogP contribution in [0, 0.1) is 5.82 Å². The number of benzene rings is 2. The van der Waals surface area contributed by atoms with E-state index in [1.807, 2.05) is 47.5 Å². The fourth-order valence-electron chi connectivity index (χ4n) is 5.06. The summed E-state index contributed by atoms with van der Waals surface area (Å²) in [5, 5.41) is 3.04. The predicted octanol–water partition coefficient (Wildman–Crippen LogP) is 3.84. The van der Waals surface area contributed by atoms with Gasteiger partial charge in [0.05, 0.1) is 17.4 Å². The Morgan fingerprint density at radius 3 is 2.59 bits per heavy atom. The minimum Gasteiger partial charge on any atom is -0.334 e. The molecule has 2 aromatic carbocycles. The Morgan fingerprint density at radius 2 is 1.84 bits per heavy atom. The van der Waals surface area contributed by atoms with Crippen LogP contribution < -0.4 is 5.32 Å². The number of carbonyl (C=O) groups excluding carboxylic acids is 1. The summed E-state index contributed by atoms with van der Waals surface area (Å²) in [7, 11) is 2.14. The standard InChI is InChI=1S/C25H28FN5O/c1-29-14-15-31-22(20-8-5-9-21(26)16-20)18-27-23(31)25(29)10-12-30(13-11-25)24(32)28-17-19-6-3-2-4-7-19/h2-9,16,18H,10-15,17H2,1H3,(H,28,32). The molecule has 5 rings (SSSR count). The van der Waals surface area contributed by atoms with E-state index in [1.165, 1.54) is 6.07 Å². The molecule has 7 heteroatoms. The number of fused-ring (bicyclic) bond motifs is 2. The lowest BCUT2D eigenvalue weighted by Gasteiger charge is -2.49. The number of likely N-dealkylation sites (N-methyl/N-ethyl adjacent to an activating group) is 1. The quantitative estimate of drug-likeness (QED) is 0.683. The van der Waals surface area contributed by atoms with Gasteiger partial charge in [-0.1, -0.05) is 42.5 Å². The molecule has 0 radical (unpaired) electrons. The van der Waals surface area contributed by atoms with E-state index >= 15 is 0 Å². The molecule has 0 bridgehead atoms. The van der Waals surface area contributed by atoms with Crippen molar-refractivity contribution in [3.05, 3.63) is 78.0 Å². The lowest BCUT2D eigenvalue weighted by molar-refractivity contribution is 0.0186. The minimum absolute atomic E-state index is 0.0223. The number of hydrogen-bond acceptors (Lipinski definition) is 3. The smallest absolute Gasteiger partial charge is 0.317 e. The summed E-state index contributed by atoms with van der Waals surface area (Å²) in [6.45, 7) is 3.59. The number of nitrogens with zero attached hydrogens (tertiary/aromatic N) is 4. The number of piperidine rings is 1. The van der Waals surface area contributed by atoms with Crippen LogP contribution in [0.1, 0.15) is 24.2 Å². The van der Waals surface area contributed by atoms with Gasteiger partial charge in [-0.25, -0.2) is 14.2 Å². The van der Waals surface area contributed by atoms with Crippen molar-refractivity contribution in [1.82, 2.24) is 24.7 Å². The fourth-order valence-corrected chi connectivity index (χ4v) is 5.06. The first-order valence-electron chi connectivity index (χ1n) is 11.2. The van der Waals surface area contributed by atoms with Crippen LogP contribution in [-0.2, 0) is 18.6 Å². The molecule has 1 saturated heterocycles. The van der Waals surface area contributed by atoms with Gasteiger partial charge in [0, 0.05) is 38.3 Å². The number of rotatable bonds is 3. The lowest BCUT2D eigenvalue weighted by atomic mass is 9.83. The third kappa shape index (κ3) is 3.66. The Labute approximate surface area is 187 Å². The molecule has 2 aliphatic heterocycles. The molecule has 3 aromatic rings. The number of amides is 2. The number of carbonyl (C=O) groups is 1. The predicted molar refractivity (Wildman–Crippen MR) is 121 cm³/mol. The lowest BCUT2D eigenvalue weighted by Crippen LogP contribution is -2.57. The van der Waals surface area contributed by atoms with E-state index in [0.717, 1.165) is 48.6 Å². The number of urea groups is 1. The van der Waals surface area contributed by atoms with Gasteiger partial charge >= 0.3 is 6.03 Å². The van der Waals surface area contributed by atoms with Crippen molar-refractivity contribution >= 4 is 6.03 Å². The molecule has 166 valence electrons. The maximum atomic E-state index is 13.8. The van der Waals surface area contributed by atoms with E-state index in [-0.39, 0.29) is 17.4 Å². The van der Waals surface area contributed by atoms with Crippen LogP contribution in [0.2, 0.25) is 0 Å². The van der Waals surface area contributed by atoms with Crippen molar-refractivity contribution in [1.29, 1.82) is 0 Å². The number of nitrogens with one attached hydrogen (secondary N) is 1. The molecule has 1 fully saturated rings. The van der Waals surface area contributed by atoms with Crippen molar-refractivity contribution in [2.45, 2.75) is 31.5 Å². The monoisotopic (exact) mass is 433 g/mol. The van der Waals surface area contributed by atoms with Crippen LogP contribution in [0.5, 0.6) is 0 Å². The Kier molecular flexibility index (Phi) is 5.43. The molecule has 1 spiro atoms. The summed E-state index contributed by atoms with van der Waals surface area (Å²) >= 11 is 0. The van der Waals surface area contributed by atoms with Crippen molar-refractivity contribution in [3.63, 3.8) is 0 Å². The highest BCUT2D eigenvalue weighted by atomic mass is 19.1. The first kappa shape index (κ1) is 20.7. The normalized spacial score (nSPS) is 17.9. The molecule has 3 heterocycles. The Balaban J connectivity index is 1.32. The summed E-state index contributed by atoms with van der Waals surface area (Å²) < 4.78 is 16.0. The van der Waals surface area contributed by atoms with Crippen LogP contribution in [-0.4, -0.2) is 52.1 Å². The van der Waals surface area contributed by atoms with E-state index in [1.54, 1.807) is 12.1 Å². The number of halogens is 1. The second kappa shape index (κ2) is 8.39. The van der Waals surface area contributed by atoms with E-state index in [4.69, 9.17) is 4.98 Å². The molecule has 0 unspecified atom stereocenters. The van der Waals surface area contributed by atoms with Crippen molar-refractivity contribution in [2.24, 2.45) is 0 Å². The molecular formula is C25H28FN5O. The zero-order valence-electron chi connectivity index (χ0n) is 18.3. The number of aromatic nitrogens is 2. The largest absolute Gasteiger partial charge is 0.334 e. The highest BCUT2D eigenvalue weighted by Crippen LogP contribution is 2.41. The van der Waals surface area contributed by atoms with Gasteiger partial charge in [0.2, 0.25) is 0 Å². The molecule has 2 amide bonds. The topological polar surface area (TPSA) is 53.4 Å². The van der Waals surface area contributed by atoms with Gasteiger partial charge in [-0.05, 0) is 37.6 Å². The second-order valence-corrected chi connectivity index (χ2v) is 8.71. The summed E-state index contributed by atoms with van der Waals surface area (Å²) in [5.41, 5.74) is 2.68. The first-order valence-corrected chi connectivity index (χ1v) is 11.2. The van der Waals surface area contributed by atoms with Crippen LogP contribution in [0.15, 0.2) is 60.8 Å². The van der Waals surface area contributed by atoms with Gasteiger partial charge in [-0.2, -0.15) is 0 Å². The zero-order valence-corrected chi connectivity index (χ0v) is 18.3. The van der Waals surface area contributed by atoms with Crippen molar-refractivity contribution in [3.8, 4) is 11.3 Å². The van der Waals surface area contributed by atoms with Gasteiger partial charge in [-0.15, -0.1) is 0 Å². The van der Waals surface area contributed by atoms with E-state index in [2.05, 4.69) is 21.8 Å². The fraction of sp³-hybridized carbons (Fsp3) is 0.360. The second-order valence-electron chi connectivity index (χ2n) is 8.71. The van der Waals surface area contributed by atoms with E-state index in [0.29, 0.717) is 19.6 Å². The summed E-state index contributed by atoms with van der Waals surface area (Å²) in [4.78, 5) is 21.8. The molecule has 0 saturated carbocycles. The third-order valence-corrected chi connectivity index (χ3v) is 6.95.